The Hall–Kier alpha value is -1.32. The minimum absolute atomic E-state index is 0.263. The monoisotopic (exact) mass is 242 g/mol. The van der Waals surface area contributed by atoms with Crippen LogP contribution in [0.2, 0.25) is 0 Å². The van der Waals surface area contributed by atoms with Crippen molar-refractivity contribution in [1.82, 2.24) is 0 Å². The second kappa shape index (κ2) is 8.79. The van der Waals surface area contributed by atoms with Gasteiger partial charge in [-0.15, -0.1) is 0 Å². The van der Waals surface area contributed by atoms with Crippen LogP contribution in [-0.2, 0) is 19.1 Å². The van der Waals surface area contributed by atoms with E-state index < -0.39 is 0 Å². The summed E-state index contributed by atoms with van der Waals surface area (Å²) in [6.45, 7) is 5.87. The molecule has 0 fully saturated rings. The molecule has 0 N–H and O–H groups in total. The predicted molar refractivity (Wildman–Crippen MR) is 65.4 cm³/mol. The number of esters is 2. The van der Waals surface area contributed by atoms with Gasteiger partial charge in [-0.05, 0) is 26.7 Å². The maximum absolute atomic E-state index is 11.6. The molecule has 17 heavy (non-hydrogen) atoms. The van der Waals surface area contributed by atoms with E-state index in [0.717, 1.165) is 6.42 Å². The lowest BCUT2D eigenvalue weighted by Crippen LogP contribution is -2.20. The van der Waals surface area contributed by atoms with Gasteiger partial charge in [0.05, 0.1) is 19.6 Å². The first kappa shape index (κ1) is 15.7. The van der Waals surface area contributed by atoms with E-state index in [4.69, 9.17) is 9.47 Å². The van der Waals surface area contributed by atoms with Crippen LogP contribution in [0.1, 0.15) is 40.0 Å². The summed E-state index contributed by atoms with van der Waals surface area (Å²) in [5.41, 5.74) is 0.538. The summed E-state index contributed by atoms with van der Waals surface area (Å²) in [5.74, 6) is -0.879. The highest BCUT2D eigenvalue weighted by molar-refractivity contribution is 5.89. The fourth-order valence-electron chi connectivity index (χ4n) is 1.63. The van der Waals surface area contributed by atoms with Crippen molar-refractivity contribution in [3.63, 3.8) is 0 Å². The highest BCUT2D eigenvalue weighted by atomic mass is 16.5. The first-order valence-electron chi connectivity index (χ1n) is 6.00. The molecular formula is C13H22O4. The molecule has 0 aliphatic rings. The van der Waals surface area contributed by atoms with Crippen LogP contribution in [0.3, 0.4) is 0 Å². The van der Waals surface area contributed by atoms with Crippen molar-refractivity contribution in [2.45, 2.75) is 40.0 Å². The third kappa shape index (κ3) is 5.52. The standard InChI is InChI=1S/C13H22O4/c1-5-8-11(12(14)16-4)9-10(6-2)13(15)17-7-3/h6,11H,5,7-9H2,1-4H3/b10-6-. The van der Waals surface area contributed by atoms with Crippen molar-refractivity contribution in [2.24, 2.45) is 5.92 Å². The minimum atomic E-state index is -0.347. The SMILES string of the molecule is C/C=C(/CC(CCC)C(=O)OC)C(=O)OCC. The van der Waals surface area contributed by atoms with Gasteiger partial charge >= 0.3 is 11.9 Å². The molecule has 0 rings (SSSR count). The molecule has 0 aromatic rings. The van der Waals surface area contributed by atoms with Crippen LogP contribution in [-0.4, -0.2) is 25.7 Å². The summed E-state index contributed by atoms with van der Waals surface area (Å²) >= 11 is 0. The van der Waals surface area contributed by atoms with E-state index in [-0.39, 0.29) is 17.9 Å². The van der Waals surface area contributed by atoms with E-state index in [0.29, 0.717) is 25.0 Å². The van der Waals surface area contributed by atoms with Gasteiger partial charge in [-0.1, -0.05) is 19.4 Å². The van der Waals surface area contributed by atoms with Gasteiger partial charge in [0.2, 0.25) is 0 Å². The fourth-order valence-corrected chi connectivity index (χ4v) is 1.63. The van der Waals surface area contributed by atoms with Crippen molar-refractivity contribution in [2.75, 3.05) is 13.7 Å². The molecule has 0 aliphatic carbocycles. The van der Waals surface area contributed by atoms with E-state index in [1.807, 2.05) is 6.92 Å². The van der Waals surface area contributed by atoms with E-state index in [9.17, 15) is 9.59 Å². The van der Waals surface area contributed by atoms with Crippen LogP contribution >= 0.6 is 0 Å². The van der Waals surface area contributed by atoms with Gasteiger partial charge < -0.3 is 9.47 Å². The molecule has 4 nitrogen and oxygen atoms in total. The number of methoxy groups -OCH3 is 1. The zero-order chi connectivity index (χ0) is 13.3. The van der Waals surface area contributed by atoms with Crippen LogP contribution in [0.5, 0.6) is 0 Å². The topological polar surface area (TPSA) is 52.6 Å². The van der Waals surface area contributed by atoms with E-state index in [2.05, 4.69) is 0 Å². The Balaban J connectivity index is 4.60. The van der Waals surface area contributed by atoms with Crippen LogP contribution < -0.4 is 0 Å². The molecule has 0 saturated carbocycles. The highest BCUT2D eigenvalue weighted by Crippen LogP contribution is 2.19. The molecule has 0 heterocycles. The van der Waals surface area contributed by atoms with Crippen molar-refractivity contribution in [1.29, 1.82) is 0 Å². The number of carbonyl (C=O) groups excluding carboxylic acids is 2. The van der Waals surface area contributed by atoms with Gasteiger partial charge in [-0.2, -0.15) is 0 Å². The molecule has 1 unspecified atom stereocenters. The number of ether oxygens (including phenoxy) is 2. The Morgan fingerprint density at radius 1 is 1.29 bits per heavy atom. The van der Waals surface area contributed by atoms with Crippen LogP contribution in [0.4, 0.5) is 0 Å². The second-order valence-electron chi connectivity index (χ2n) is 3.75. The van der Waals surface area contributed by atoms with Crippen molar-refractivity contribution in [3.8, 4) is 0 Å². The summed E-state index contributed by atoms with van der Waals surface area (Å²) in [4.78, 5) is 23.1. The molecule has 0 aromatic heterocycles. The molecule has 0 spiro atoms. The van der Waals surface area contributed by atoms with E-state index in [1.54, 1.807) is 19.9 Å². The Bertz CT molecular complexity index is 281. The van der Waals surface area contributed by atoms with Crippen LogP contribution in [0, 0.1) is 5.92 Å². The maximum Gasteiger partial charge on any atom is 0.333 e. The molecule has 0 bridgehead atoms. The Morgan fingerprint density at radius 3 is 2.35 bits per heavy atom. The Kier molecular flexibility index (Phi) is 8.11. The average molecular weight is 242 g/mol. The molecule has 0 amide bonds. The summed E-state index contributed by atoms with van der Waals surface area (Å²) in [5, 5.41) is 0. The van der Waals surface area contributed by atoms with Gasteiger partial charge in [-0.3, -0.25) is 4.79 Å². The van der Waals surface area contributed by atoms with Gasteiger partial charge in [0.25, 0.3) is 0 Å². The maximum atomic E-state index is 11.6. The van der Waals surface area contributed by atoms with Gasteiger partial charge in [0.15, 0.2) is 0 Å². The number of allylic oxidation sites excluding steroid dienone is 1. The molecular weight excluding hydrogens is 220 g/mol. The quantitative estimate of drug-likeness (QED) is 0.508. The largest absolute Gasteiger partial charge is 0.469 e. The summed E-state index contributed by atoms with van der Waals surface area (Å²) < 4.78 is 9.66. The van der Waals surface area contributed by atoms with Crippen molar-refractivity contribution >= 4 is 11.9 Å². The van der Waals surface area contributed by atoms with Gasteiger partial charge in [-0.25, -0.2) is 4.79 Å². The first-order chi connectivity index (χ1) is 8.10. The van der Waals surface area contributed by atoms with Gasteiger partial charge in [0, 0.05) is 5.57 Å². The summed E-state index contributed by atoms with van der Waals surface area (Å²) in [6, 6.07) is 0. The number of carbonyl (C=O) groups is 2. The smallest absolute Gasteiger partial charge is 0.333 e. The summed E-state index contributed by atoms with van der Waals surface area (Å²) in [6.07, 6.45) is 3.67. The van der Waals surface area contributed by atoms with Crippen LogP contribution in [0.25, 0.3) is 0 Å². The molecule has 1 atom stereocenters. The fraction of sp³-hybridized carbons (Fsp3) is 0.692. The molecule has 4 heteroatoms. The summed E-state index contributed by atoms with van der Waals surface area (Å²) in [7, 11) is 1.37. The minimum Gasteiger partial charge on any atom is -0.469 e. The average Bonchev–Trinajstić information content (AvgIpc) is 2.33. The number of hydrogen-bond acceptors (Lipinski definition) is 4. The van der Waals surface area contributed by atoms with Crippen molar-refractivity contribution < 1.29 is 19.1 Å². The second-order valence-corrected chi connectivity index (χ2v) is 3.75. The van der Waals surface area contributed by atoms with Gasteiger partial charge in [0.1, 0.15) is 0 Å². The number of rotatable bonds is 7. The van der Waals surface area contributed by atoms with Crippen molar-refractivity contribution in [3.05, 3.63) is 11.6 Å². The Labute approximate surface area is 103 Å². The zero-order valence-corrected chi connectivity index (χ0v) is 11.1. The normalized spacial score (nSPS) is 13.1. The molecule has 0 aliphatic heterocycles. The lowest BCUT2D eigenvalue weighted by Gasteiger charge is -2.15. The van der Waals surface area contributed by atoms with E-state index in [1.165, 1.54) is 7.11 Å². The Morgan fingerprint density at radius 2 is 1.94 bits per heavy atom. The van der Waals surface area contributed by atoms with Crippen LogP contribution in [0.15, 0.2) is 11.6 Å². The lowest BCUT2D eigenvalue weighted by molar-refractivity contribution is -0.146. The lowest BCUT2D eigenvalue weighted by atomic mass is 9.95. The third-order valence-electron chi connectivity index (χ3n) is 2.52. The van der Waals surface area contributed by atoms with E-state index >= 15 is 0 Å². The number of hydrogen-bond donors (Lipinski definition) is 0. The molecule has 0 radical (unpaired) electrons. The molecule has 0 saturated heterocycles. The molecule has 98 valence electrons. The third-order valence-corrected chi connectivity index (χ3v) is 2.52. The molecule has 0 aromatic carbocycles. The highest BCUT2D eigenvalue weighted by Gasteiger charge is 2.22. The first-order valence-corrected chi connectivity index (χ1v) is 6.00. The predicted octanol–water partition coefficient (Wildman–Crippen LogP) is 2.48. The zero-order valence-electron chi connectivity index (χ0n) is 11.1.